The molecule has 26 heavy (non-hydrogen) atoms. The van der Waals surface area contributed by atoms with Crippen molar-refractivity contribution in [1.82, 2.24) is 14.7 Å². The number of aromatic nitrogens is 2. The topological polar surface area (TPSA) is 58.4 Å². The molecule has 1 saturated heterocycles. The normalized spacial score (nSPS) is 18.3. The lowest BCUT2D eigenvalue weighted by Gasteiger charge is -2.27. The third-order valence-corrected chi connectivity index (χ3v) is 5.21. The zero-order valence-electron chi connectivity index (χ0n) is 14.7. The first-order valence-electron chi connectivity index (χ1n) is 9.15. The number of nitrogens with zero attached hydrogens (tertiary/aromatic N) is 3. The minimum atomic E-state index is -0.542. The van der Waals surface area contributed by atoms with Crippen LogP contribution in [0.5, 0.6) is 0 Å². The molecule has 0 radical (unpaired) electrons. The number of hydrogen-bond donors (Lipinski definition) is 1. The number of carbonyl (C=O) groups is 1. The molecule has 5 nitrogen and oxygen atoms in total. The summed E-state index contributed by atoms with van der Waals surface area (Å²) in [6.45, 7) is 0.996. The fraction of sp³-hybridized carbons (Fsp3) is 0.333. The van der Waals surface area contributed by atoms with Gasteiger partial charge in [-0.25, -0.2) is 0 Å². The van der Waals surface area contributed by atoms with Gasteiger partial charge in [0.2, 0.25) is 5.91 Å². The van der Waals surface area contributed by atoms with Crippen molar-refractivity contribution in [2.45, 2.75) is 38.0 Å². The fourth-order valence-corrected chi connectivity index (χ4v) is 3.85. The summed E-state index contributed by atoms with van der Waals surface area (Å²) in [6, 6.07) is 17.7. The minimum Gasteiger partial charge on any atom is -0.388 e. The Bertz CT molecular complexity index is 890. The zero-order valence-corrected chi connectivity index (χ0v) is 14.7. The number of aliphatic hydroxyl groups is 1. The van der Waals surface area contributed by atoms with E-state index in [0.717, 1.165) is 35.9 Å². The summed E-state index contributed by atoms with van der Waals surface area (Å²) in [4.78, 5) is 14.8. The quantitative estimate of drug-likeness (QED) is 0.770. The highest BCUT2D eigenvalue weighted by Gasteiger charge is 2.30. The van der Waals surface area contributed by atoms with Crippen LogP contribution in [0.15, 0.2) is 60.8 Å². The van der Waals surface area contributed by atoms with Crippen LogP contribution in [0.4, 0.5) is 0 Å². The molecule has 1 aliphatic rings. The van der Waals surface area contributed by atoms with Gasteiger partial charge in [-0.15, -0.1) is 0 Å². The molecule has 3 aromatic rings. The van der Waals surface area contributed by atoms with Crippen LogP contribution >= 0.6 is 0 Å². The molecule has 1 aromatic heterocycles. The van der Waals surface area contributed by atoms with Gasteiger partial charge in [0.25, 0.3) is 0 Å². The number of fused-ring (bicyclic) bond motifs is 1. The van der Waals surface area contributed by atoms with Gasteiger partial charge in [-0.3, -0.25) is 9.48 Å². The van der Waals surface area contributed by atoms with Crippen LogP contribution in [-0.4, -0.2) is 38.3 Å². The Morgan fingerprint density at radius 1 is 1.15 bits per heavy atom. The Labute approximate surface area is 152 Å². The lowest BCUT2D eigenvalue weighted by atomic mass is 10.0. The lowest BCUT2D eigenvalue weighted by Crippen LogP contribution is -2.38. The van der Waals surface area contributed by atoms with Crippen LogP contribution in [-0.2, 0) is 11.3 Å². The maximum absolute atomic E-state index is 12.9. The molecule has 1 aliphatic heterocycles. The van der Waals surface area contributed by atoms with Gasteiger partial charge in [-0.2, -0.15) is 5.10 Å². The van der Waals surface area contributed by atoms with Crippen molar-refractivity contribution in [2.75, 3.05) is 6.54 Å². The van der Waals surface area contributed by atoms with Crippen LogP contribution in [0, 0.1) is 0 Å². The smallest absolute Gasteiger partial charge is 0.244 e. The number of carbonyl (C=O) groups excluding carboxylic acids is 1. The molecule has 2 aromatic carbocycles. The average molecular weight is 349 g/mol. The fourth-order valence-electron chi connectivity index (χ4n) is 3.85. The molecule has 0 saturated carbocycles. The number of amides is 1. The molecule has 1 amide bonds. The second kappa shape index (κ2) is 7.30. The number of rotatable bonds is 5. The Morgan fingerprint density at radius 3 is 2.77 bits per heavy atom. The monoisotopic (exact) mass is 349 g/mol. The van der Waals surface area contributed by atoms with Gasteiger partial charge in [-0.1, -0.05) is 48.5 Å². The molecular weight excluding hydrogens is 326 g/mol. The highest BCUT2D eigenvalue weighted by atomic mass is 16.3. The van der Waals surface area contributed by atoms with Crippen molar-refractivity contribution in [2.24, 2.45) is 0 Å². The molecule has 1 fully saturated rings. The highest BCUT2D eigenvalue weighted by Crippen LogP contribution is 2.27. The third-order valence-electron chi connectivity index (χ3n) is 5.21. The van der Waals surface area contributed by atoms with Crippen LogP contribution in [0.3, 0.4) is 0 Å². The number of benzene rings is 2. The van der Waals surface area contributed by atoms with E-state index in [4.69, 9.17) is 0 Å². The van der Waals surface area contributed by atoms with Gasteiger partial charge in [0.1, 0.15) is 6.54 Å². The van der Waals surface area contributed by atoms with E-state index in [2.05, 4.69) is 5.10 Å². The molecule has 5 heteroatoms. The van der Waals surface area contributed by atoms with E-state index in [0.29, 0.717) is 6.42 Å². The SMILES string of the molecule is O=C(Cn1ncc2ccccc21)N1CCC[C@H]1C[C@H](O)c1ccccc1. The van der Waals surface area contributed by atoms with Crippen LogP contribution in [0.25, 0.3) is 10.9 Å². The molecule has 0 unspecified atom stereocenters. The first-order valence-corrected chi connectivity index (χ1v) is 9.15. The summed E-state index contributed by atoms with van der Waals surface area (Å²) in [5.41, 5.74) is 1.88. The van der Waals surface area contributed by atoms with Gasteiger partial charge in [-0.05, 0) is 30.9 Å². The summed E-state index contributed by atoms with van der Waals surface area (Å²) in [7, 11) is 0. The lowest BCUT2D eigenvalue weighted by molar-refractivity contribution is -0.133. The van der Waals surface area contributed by atoms with E-state index in [1.54, 1.807) is 10.9 Å². The maximum Gasteiger partial charge on any atom is 0.244 e. The Morgan fingerprint density at radius 2 is 1.92 bits per heavy atom. The van der Waals surface area contributed by atoms with Crippen molar-refractivity contribution < 1.29 is 9.90 Å². The van der Waals surface area contributed by atoms with Crippen molar-refractivity contribution >= 4 is 16.8 Å². The molecule has 0 spiro atoms. The van der Waals surface area contributed by atoms with Gasteiger partial charge < -0.3 is 10.0 Å². The average Bonchev–Trinajstić information content (AvgIpc) is 3.30. The van der Waals surface area contributed by atoms with E-state index in [1.165, 1.54) is 0 Å². The number of hydrogen-bond acceptors (Lipinski definition) is 3. The number of aliphatic hydroxyl groups excluding tert-OH is 1. The van der Waals surface area contributed by atoms with Gasteiger partial charge in [0.05, 0.1) is 17.8 Å². The second-order valence-electron chi connectivity index (χ2n) is 6.91. The van der Waals surface area contributed by atoms with Crippen molar-refractivity contribution in [3.63, 3.8) is 0 Å². The molecule has 4 rings (SSSR count). The Hall–Kier alpha value is -2.66. The van der Waals surface area contributed by atoms with Crippen molar-refractivity contribution in [3.05, 3.63) is 66.4 Å². The van der Waals surface area contributed by atoms with E-state index in [-0.39, 0.29) is 18.5 Å². The van der Waals surface area contributed by atoms with Crippen LogP contribution in [0.1, 0.15) is 30.9 Å². The summed E-state index contributed by atoms with van der Waals surface area (Å²) in [5.74, 6) is 0.0709. The molecular formula is C21H23N3O2. The van der Waals surface area contributed by atoms with Crippen LogP contribution < -0.4 is 0 Å². The Balaban J connectivity index is 1.45. The summed E-state index contributed by atoms with van der Waals surface area (Å²) in [6.07, 6.45) is 3.76. The third kappa shape index (κ3) is 3.35. The predicted molar refractivity (Wildman–Crippen MR) is 100 cm³/mol. The largest absolute Gasteiger partial charge is 0.388 e. The molecule has 134 valence electrons. The first kappa shape index (κ1) is 16.8. The van der Waals surface area contributed by atoms with Crippen molar-refractivity contribution in [1.29, 1.82) is 0 Å². The molecule has 0 aliphatic carbocycles. The minimum absolute atomic E-state index is 0.0709. The van der Waals surface area contributed by atoms with E-state index >= 15 is 0 Å². The molecule has 0 bridgehead atoms. The number of para-hydroxylation sites is 1. The van der Waals surface area contributed by atoms with Crippen LogP contribution in [0.2, 0.25) is 0 Å². The van der Waals surface area contributed by atoms with Gasteiger partial charge in [0.15, 0.2) is 0 Å². The first-order chi connectivity index (χ1) is 12.7. The maximum atomic E-state index is 12.9. The van der Waals surface area contributed by atoms with Crippen molar-refractivity contribution in [3.8, 4) is 0 Å². The molecule has 1 N–H and O–H groups in total. The second-order valence-corrected chi connectivity index (χ2v) is 6.91. The molecule has 2 heterocycles. The highest BCUT2D eigenvalue weighted by molar-refractivity contribution is 5.82. The van der Waals surface area contributed by atoms with Gasteiger partial charge >= 0.3 is 0 Å². The summed E-state index contributed by atoms with van der Waals surface area (Å²) < 4.78 is 1.76. The predicted octanol–water partition coefficient (Wildman–Crippen LogP) is 3.15. The standard InChI is InChI=1S/C21H23N3O2/c25-20(16-7-2-1-3-8-16)13-18-10-6-12-23(18)21(26)15-24-19-11-5-4-9-17(19)14-22-24/h1-5,7-9,11,14,18,20,25H,6,10,12-13,15H2/t18-,20-/m0/s1. The molecule has 2 atom stereocenters. The van der Waals surface area contributed by atoms with E-state index in [1.807, 2.05) is 59.5 Å². The van der Waals surface area contributed by atoms with E-state index in [9.17, 15) is 9.90 Å². The summed E-state index contributed by atoms with van der Waals surface area (Å²) in [5, 5.41) is 15.9. The van der Waals surface area contributed by atoms with E-state index < -0.39 is 6.10 Å². The number of likely N-dealkylation sites (tertiary alicyclic amines) is 1. The zero-order chi connectivity index (χ0) is 17.9. The Kier molecular flexibility index (Phi) is 4.71. The van der Waals surface area contributed by atoms with Gasteiger partial charge in [0, 0.05) is 18.0 Å². The summed E-state index contributed by atoms with van der Waals surface area (Å²) >= 11 is 0.